The minimum atomic E-state index is -0.296. The van der Waals surface area contributed by atoms with E-state index in [1.807, 2.05) is 13.8 Å². The number of carbonyl (C=O) groups excluding carboxylic acids is 1. The summed E-state index contributed by atoms with van der Waals surface area (Å²) in [4.78, 5) is 16.2. The summed E-state index contributed by atoms with van der Waals surface area (Å²) >= 11 is 6.01. The molecule has 0 unspecified atom stereocenters. The first-order valence-corrected chi connectivity index (χ1v) is 6.15. The van der Waals surface area contributed by atoms with E-state index >= 15 is 0 Å². The Morgan fingerprint density at radius 1 is 1.37 bits per heavy atom. The number of anilines is 2. The van der Waals surface area contributed by atoms with Crippen LogP contribution >= 0.6 is 11.6 Å². The van der Waals surface area contributed by atoms with Gasteiger partial charge in [-0.2, -0.15) is 0 Å². The number of nitrogen functional groups attached to an aromatic ring is 1. The molecule has 5 heteroatoms. The molecule has 2 rings (SSSR count). The number of amides is 1. The Hall–Kier alpha value is -2.07. The minimum absolute atomic E-state index is 0.296. The zero-order chi connectivity index (χ0) is 14.0. The second-order valence-corrected chi connectivity index (χ2v) is 4.69. The van der Waals surface area contributed by atoms with Crippen LogP contribution in [-0.2, 0) is 0 Å². The summed E-state index contributed by atoms with van der Waals surface area (Å²) in [5, 5.41) is 3.39. The van der Waals surface area contributed by atoms with Crippen LogP contribution < -0.4 is 11.1 Å². The van der Waals surface area contributed by atoms with Crippen LogP contribution in [0.25, 0.3) is 0 Å². The van der Waals surface area contributed by atoms with Crippen LogP contribution in [0.2, 0.25) is 5.02 Å². The van der Waals surface area contributed by atoms with E-state index in [0.29, 0.717) is 22.0 Å². The highest BCUT2D eigenvalue weighted by molar-refractivity contribution is 6.31. The van der Waals surface area contributed by atoms with Crippen molar-refractivity contribution in [2.45, 2.75) is 13.8 Å². The van der Waals surface area contributed by atoms with Gasteiger partial charge in [0.05, 0.1) is 5.56 Å². The maximum atomic E-state index is 12.1. The van der Waals surface area contributed by atoms with Gasteiger partial charge in [0.25, 0.3) is 5.91 Å². The Labute approximate surface area is 116 Å². The third-order valence-electron chi connectivity index (χ3n) is 2.83. The number of halogens is 1. The van der Waals surface area contributed by atoms with Gasteiger partial charge in [0.1, 0.15) is 0 Å². The molecule has 0 aliphatic carbocycles. The van der Waals surface area contributed by atoms with Crippen molar-refractivity contribution in [3.63, 3.8) is 0 Å². The molecule has 3 N–H and O–H groups in total. The lowest BCUT2D eigenvalue weighted by Crippen LogP contribution is -2.15. The molecule has 0 spiro atoms. The fraction of sp³-hybridized carbons (Fsp3) is 0.143. The van der Waals surface area contributed by atoms with Crippen LogP contribution in [0.5, 0.6) is 0 Å². The van der Waals surface area contributed by atoms with E-state index in [1.54, 1.807) is 24.3 Å². The molecule has 98 valence electrons. The zero-order valence-electron chi connectivity index (χ0n) is 10.7. The number of nitrogens with zero attached hydrogens (tertiary/aromatic N) is 1. The normalized spacial score (nSPS) is 10.3. The van der Waals surface area contributed by atoms with Crippen molar-refractivity contribution in [3.05, 3.63) is 52.3 Å². The van der Waals surface area contributed by atoms with E-state index in [2.05, 4.69) is 10.3 Å². The molecule has 4 nitrogen and oxygen atoms in total. The maximum absolute atomic E-state index is 12.1. The smallest absolute Gasteiger partial charge is 0.259 e. The number of carbonyl (C=O) groups is 1. The van der Waals surface area contributed by atoms with Crippen LogP contribution in [0.15, 0.2) is 30.5 Å². The highest BCUT2D eigenvalue weighted by Gasteiger charge is 2.12. The van der Waals surface area contributed by atoms with E-state index < -0.39 is 0 Å². The number of hydrogen-bond donors (Lipinski definition) is 2. The number of aryl methyl sites for hydroxylation is 1. The third kappa shape index (κ3) is 2.85. The Balaban J connectivity index is 2.28. The SMILES string of the molecule is Cc1cc(N)c(C(=O)Nc2cccc(Cl)c2C)cn1. The average Bonchev–Trinajstić information content (AvgIpc) is 2.34. The Morgan fingerprint density at radius 3 is 2.79 bits per heavy atom. The van der Waals surface area contributed by atoms with Gasteiger partial charge in [-0.15, -0.1) is 0 Å². The van der Waals surface area contributed by atoms with Gasteiger partial charge in [-0.25, -0.2) is 0 Å². The summed E-state index contributed by atoms with van der Waals surface area (Å²) in [5.41, 5.74) is 8.83. The molecule has 0 fully saturated rings. The van der Waals surface area contributed by atoms with E-state index in [0.717, 1.165) is 11.3 Å². The summed E-state index contributed by atoms with van der Waals surface area (Å²) in [6.45, 7) is 3.66. The Morgan fingerprint density at radius 2 is 2.11 bits per heavy atom. The van der Waals surface area contributed by atoms with Gasteiger partial charge >= 0.3 is 0 Å². The monoisotopic (exact) mass is 275 g/mol. The van der Waals surface area contributed by atoms with E-state index in [4.69, 9.17) is 17.3 Å². The number of rotatable bonds is 2. The van der Waals surface area contributed by atoms with Crippen LogP contribution in [0.4, 0.5) is 11.4 Å². The molecular weight excluding hydrogens is 262 g/mol. The van der Waals surface area contributed by atoms with Gasteiger partial charge in [-0.3, -0.25) is 9.78 Å². The van der Waals surface area contributed by atoms with Gasteiger partial charge in [-0.1, -0.05) is 17.7 Å². The molecule has 0 bridgehead atoms. The molecule has 0 saturated heterocycles. The number of pyridine rings is 1. The lowest BCUT2D eigenvalue weighted by Gasteiger charge is -2.10. The largest absolute Gasteiger partial charge is 0.398 e. The average molecular weight is 276 g/mol. The highest BCUT2D eigenvalue weighted by Crippen LogP contribution is 2.24. The first kappa shape index (κ1) is 13.4. The number of hydrogen-bond acceptors (Lipinski definition) is 3. The molecule has 0 aliphatic heterocycles. The molecule has 0 atom stereocenters. The van der Waals surface area contributed by atoms with Crippen LogP contribution in [0.3, 0.4) is 0 Å². The number of nitrogens with one attached hydrogen (secondary N) is 1. The Bertz CT molecular complexity index is 641. The summed E-state index contributed by atoms with van der Waals surface area (Å²) in [7, 11) is 0. The number of benzene rings is 1. The highest BCUT2D eigenvalue weighted by atomic mass is 35.5. The van der Waals surface area contributed by atoms with Crippen LogP contribution in [0.1, 0.15) is 21.6 Å². The second-order valence-electron chi connectivity index (χ2n) is 4.28. The minimum Gasteiger partial charge on any atom is -0.398 e. The maximum Gasteiger partial charge on any atom is 0.259 e. The third-order valence-corrected chi connectivity index (χ3v) is 3.24. The summed E-state index contributed by atoms with van der Waals surface area (Å²) in [5.74, 6) is -0.296. The van der Waals surface area contributed by atoms with Crippen molar-refractivity contribution in [3.8, 4) is 0 Å². The fourth-order valence-corrected chi connectivity index (χ4v) is 1.88. The predicted octanol–water partition coefficient (Wildman–Crippen LogP) is 3.19. The number of aromatic nitrogens is 1. The number of nitrogens with two attached hydrogens (primary N) is 1. The van der Waals surface area contributed by atoms with Crippen molar-refractivity contribution in [1.82, 2.24) is 4.98 Å². The van der Waals surface area contributed by atoms with Crippen molar-refractivity contribution >= 4 is 28.9 Å². The van der Waals surface area contributed by atoms with Gasteiger partial charge in [0.2, 0.25) is 0 Å². The van der Waals surface area contributed by atoms with Crippen LogP contribution in [-0.4, -0.2) is 10.9 Å². The molecule has 0 radical (unpaired) electrons. The molecule has 0 saturated carbocycles. The van der Waals surface area contributed by atoms with Gasteiger partial charge in [0.15, 0.2) is 0 Å². The molecule has 1 aromatic carbocycles. The van der Waals surface area contributed by atoms with E-state index in [-0.39, 0.29) is 5.91 Å². The second kappa shape index (κ2) is 5.28. The van der Waals surface area contributed by atoms with Gasteiger partial charge in [-0.05, 0) is 37.6 Å². The summed E-state index contributed by atoms with van der Waals surface area (Å²) in [6.07, 6.45) is 1.47. The lowest BCUT2D eigenvalue weighted by molar-refractivity contribution is 0.102. The molecule has 1 heterocycles. The zero-order valence-corrected chi connectivity index (χ0v) is 11.5. The molecule has 1 aromatic heterocycles. The van der Waals surface area contributed by atoms with Crippen molar-refractivity contribution in [1.29, 1.82) is 0 Å². The summed E-state index contributed by atoms with van der Waals surface area (Å²) < 4.78 is 0. The standard InChI is InChI=1S/C14H14ClN3O/c1-8-6-12(16)10(7-17-8)14(19)18-13-5-3-4-11(15)9(13)2/h3-7H,1-2H3,(H2,16,17)(H,18,19). The van der Waals surface area contributed by atoms with E-state index in [1.165, 1.54) is 6.20 Å². The topological polar surface area (TPSA) is 68.0 Å². The predicted molar refractivity (Wildman–Crippen MR) is 77.5 cm³/mol. The molecule has 1 amide bonds. The molecule has 19 heavy (non-hydrogen) atoms. The summed E-state index contributed by atoms with van der Waals surface area (Å²) in [6, 6.07) is 7.01. The molecule has 2 aromatic rings. The fourth-order valence-electron chi connectivity index (χ4n) is 1.70. The first-order valence-electron chi connectivity index (χ1n) is 5.77. The lowest BCUT2D eigenvalue weighted by atomic mass is 10.1. The Kier molecular flexibility index (Phi) is 3.71. The van der Waals surface area contributed by atoms with Crippen molar-refractivity contribution < 1.29 is 4.79 Å². The first-order chi connectivity index (χ1) is 8.99. The van der Waals surface area contributed by atoms with Crippen LogP contribution in [0, 0.1) is 13.8 Å². The van der Waals surface area contributed by atoms with Gasteiger partial charge in [0, 0.05) is 28.3 Å². The quantitative estimate of drug-likeness (QED) is 0.884. The van der Waals surface area contributed by atoms with Crippen molar-refractivity contribution in [2.75, 3.05) is 11.1 Å². The van der Waals surface area contributed by atoms with Crippen molar-refractivity contribution in [2.24, 2.45) is 0 Å². The van der Waals surface area contributed by atoms with Gasteiger partial charge < -0.3 is 11.1 Å². The molecular formula is C14H14ClN3O. The van der Waals surface area contributed by atoms with E-state index in [9.17, 15) is 4.79 Å². The molecule has 0 aliphatic rings.